The number of amides is 2. The molecule has 2 amide bonds. The summed E-state index contributed by atoms with van der Waals surface area (Å²) in [5.74, 6) is -1.52. The van der Waals surface area contributed by atoms with Gasteiger partial charge in [0, 0.05) is 10.0 Å². The quantitative estimate of drug-likeness (QED) is 0.560. The van der Waals surface area contributed by atoms with E-state index in [0.717, 1.165) is 0 Å². The van der Waals surface area contributed by atoms with Crippen LogP contribution in [0, 0.1) is 0 Å². The zero-order valence-electron chi connectivity index (χ0n) is 14.0. The van der Waals surface area contributed by atoms with E-state index in [1.54, 1.807) is 54.6 Å². The van der Waals surface area contributed by atoms with Gasteiger partial charge in [0.1, 0.15) is 11.3 Å². The van der Waals surface area contributed by atoms with Crippen molar-refractivity contribution in [1.29, 1.82) is 0 Å². The fourth-order valence-electron chi connectivity index (χ4n) is 2.76. The second kappa shape index (κ2) is 7.51. The number of benzene rings is 3. The Morgan fingerprint density at radius 1 is 0.926 bits per heavy atom. The van der Waals surface area contributed by atoms with Crippen molar-refractivity contribution in [3.63, 3.8) is 0 Å². The molecule has 3 aromatic carbocycles. The van der Waals surface area contributed by atoms with E-state index in [2.05, 4.69) is 15.9 Å². The van der Waals surface area contributed by atoms with Gasteiger partial charge in [-0.3, -0.25) is 4.90 Å². The number of hydrogen-bond acceptors (Lipinski definition) is 3. The number of aromatic carboxylic acids is 1. The van der Waals surface area contributed by atoms with Crippen LogP contribution in [0.3, 0.4) is 0 Å². The summed E-state index contributed by atoms with van der Waals surface area (Å²) in [6.45, 7) is 0. The highest BCUT2D eigenvalue weighted by Gasteiger charge is 2.18. The van der Waals surface area contributed by atoms with Gasteiger partial charge >= 0.3 is 12.0 Å². The molecule has 0 aromatic heterocycles. The van der Waals surface area contributed by atoms with Gasteiger partial charge in [-0.15, -0.1) is 0 Å². The molecule has 0 aliphatic carbocycles. The van der Waals surface area contributed by atoms with Crippen molar-refractivity contribution in [3.8, 4) is 16.9 Å². The number of hydrogen-bond donors (Lipinski definition) is 3. The van der Waals surface area contributed by atoms with Crippen molar-refractivity contribution in [1.82, 2.24) is 0 Å². The summed E-state index contributed by atoms with van der Waals surface area (Å²) in [5, 5.41) is 19.4. The molecule has 0 aliphatic heterocycles. The molecule has 0 atom stereocenters. The lowest BCUT2D eigenvalue weighted by molar-refractivity contribution is 0.0694. The number of aromatic hydroxyl groups is 1. The topological polar surface area (TPSA) is 104 Å². The standard InChI is InChI=1S/C20H15BrN2O4/c21-16-6-1-2-7-17(16)23(20(22)27)13-10-8-12(9-11-13)14-4-3-5-15(18(14)24)19(25)26/h1-11,24H,(H2,22,27)(H,25,26). The first-order valence-corrected chi connectivity index (χ1v) is 8.69. The number of carboxylic acid groups (broad SMARTS) is 1. The molecule has 27 heavy (non-hydrogen) atoms. The van der Waals surface area contributed by atoms with Gasteiger partial charge in [-0.1, -0.05) is 36.4 Å². The Bertz CT molecular complexity index is 1020. The minimum atomic E-state index is -1.21. The van der Waals surface area contributed by atoms with E-state index in [9.17, 15) is 14.7 Å². The largest absolute Gasteiger partial charge is 0.506 e. The number of rotatable bonds is 4. The van der Waals surface area contributed by atoms with Crippen LogP contribution in [0.1, 0.15) is 10.4 Å². The molecule has 0 bridgehead atoms. The third-order valence-corrected chi connectivity index (χ3v) is 4.69. The van der Waals surface area contributed by atoms with Crippen molar-refractivity contribution in [2.24, 2.45) is 5.73 Å². The summed E-state index contributed by atoms with van der Waals surface area (Å²) < 4.78 is 0.708. The predicted molar refractivity (Wildman–Crippen MR) is 106 cm³/mol. The molecule has 4 N–H and O–H groups in total. The number of nitrogens with zero attached hydrogens (tertiary/aromatic N) is 1. The summed E-state index contributed by atoms with van der Waals surface area (Å²) in [6.07, 6.45) is 0. The zero-order chi connectivity index (χ0) is 19.6. The number of halogens is 1. The highest BCUT2D eigenvalue weighted by atomic mass is 79.9. The molecule has 6 nitrogen and oxygen atoms in total. The minimum absolute atomic E-state index is 0.177. The van der Waals surface area contributed by atoms with Crippen molar-refractivity contribution in [3.05, 3.63) is 76.8 Å². The molecule has 0 spiro atoms. The molecule has 0 saturated carbocycles. The Kier molecular flexibility index (Phi) is 5.14. The number of primary amides is 1. The number of urea groups is 1. The summed E-state index contributed by atoms with van der Waals surface area (Å²) in [4.78, 5) is 24.5. The third-order valence-electron chi connectivity index (χ3n) is 4.02. The lowest BCUT2D eigenvalue weighted by Gasteiger charge is -2.22. The maximum Gasteiger partial charge on any atom is 0.339 e. The molecule has 0 aliphatic rings. The van der Waals surface area contributed by atoms with Crippen molar-refractivity contribution < 1.29 is 19.8 Å². The summed E-state index contributed by atoms with van der Waals surface area (Å²) in [5.41, 5.74) is 7.49. The van der Waals surface area contributed by atoms with Gasteiger partial charge in [0.05, 0.1) is 11.4 Å². The van der Waals surface area contributed by atoms with Crippen molar-refractivity contribution in [2.45, 2.75) is 0 Å². The van der Waals surface area contributed by atoms with Crippen molar-refractivity contribution in [2.75, 3.05) is 4.90 Å². The Morgan fingerprint density at radius 3 is 2.19 bits per heavy atom. The second-order valence-corrected chi connectivity index (χ2v) is 6.53. The van der Waals surface area contributed by atoms with E-state index in [4.69, 9.17) is 10.8 Å². The molecule has 7 heteroatoms. The fourth-order valence-corrected chi connectivity index (χ4v) is 3.22. The van der Waals surface area contributed by atoms with Crippen LogP contribution in [-0.2, 0) is 0 Å². The van der Waals surface area contributed by atoms with Gasteiger partial charge in [-0.05, 0) is 51.8 Å². The van der Waals surface area contributed by atoms with Crippen LogP contribution in [0.15, 0.2) is 71.2 Å². The first kappa shape index (κ1) is 18.5. The van der Waals surface area contributed by atoms with Gasteiger partial charge in [-0.25, -0.2) is 9.59 Å². The lowest BCUT2D eigenvalue weighted by atomic mass is 10.0. The highest BCUT2D eigenvalue weighted by molar-refractivity contribution is 9.10. The number of phenols is 1. The molecule has 3 aromatic rings. The molecule has 136 valence electrons. The predicted octanol–water partition coefficient (Wildman–Crippen LogP) is 4.74. The molecule has 0 heterocycles. The summed E-state index contributed by atoms with van der Waals surface area (Å²) >= 11 is 3.41. The Balaban J connectivity index is 2.02. The third kappa shape index (κ3) is 3.63. The molecular weight excluding hydrogens is 412 g/mol. The van der Waals surface area contributed by atoms with Crippen LogP contribution in [0.2, 0.25) is 0 Å². The zero-order valence-corrected chi connectivity index (χ0v) is 15.6. The number of anilines is 2. The van der Waals surface area contributed by atoms with E-state index in [0.29, 0.717) is 27.0 Å². The second-order valence-electron chi connectivity index (χ2n) is 5.68. The molecule has 0 saturated heterocycles. The Labute approximate surface area is 163 Å². The molecular formula is C20H15BrN2O4. The molecule has 3 rings (SSSR count). The maximum absolute atomic E-state index is 12.0. The Morgan fingerprint density at radius 2 is 1.59 bits per heavy atom. The SMILES string of the molecule is NC(=O)N(c1ccc(-c2cccc(C(=O)O)c2O)cc1)c1ccccc1Br. The van der Waals surface area contributed by atoms with Gasteiger partial charge in [-0.2, -0.15) is 0 Å². The van der Waals surface area contributed by atoms with Crippen LogP contribution in [0.25, 0.3) is 11.1 Å². The number of carboxylic acids is 1. The first-order chi connectivity index (χ1) is 12.9. The fraction of sp³-hybridized carbons (Fsp3) is 0. The molecule has 0 unspecified atom stereocenters. The normalized spacial score (nSPS) is 10.4. The van der Waals surface area contributed by atoms with Gasteiger partial charge in [0.15, 0.2) is 0 Å². The summed E-state index contributed by atoms with van der Waals surface area (Å²) in [7, 11) is 0. The maximum atomic E-state index is 12.0. The van der Waals surface area contributed by atoms with Gasteiger partial charge in [0.2, 0.25) is 0 Å². The van der Waals surface area contributed by atoms with Crippen LogP contribution >= 0.6 is 15.9 Å². The van der Waals surface area contributed by atoms with E-state index >= 15 is 0 Å². The van der Waals surface area contributed by atoms with Crippen LogP contribution in [0.5, 0.6) is 5.75 Å². The van der Waals surface area contributed by atoms with E-state index in [1.807, 2.05) is 6.07 Å². The number of para-hydroxylation sites is 2. The van der Waals surface area contributed by atoms with E-state index < -0.39 is 12.0 Å². The van der Waals surface area contributed by atoms with Gasteiger partial charge in [0.25, 0.3) is 0 Å². The average molecular weight is 427 g/mol. The van der Waals surface area contributed by atoms with Crippen LogP contribution in [0.4, 0.5) is 16.2 Å². The minimum Gasteiger partial charge on any atom is -0.506 e. The smallest absolute Gasteiger partial charge is 0.339 e. The van der Waals surface area contributed by atoms with E-state index in [-0.39, 0.29) is 11.3 Å². The number of carbonyl (C=O) groups excluding carboxylic acids is 1. The van der Waals surface area contributed by atoms with E-state index in [1.165, 1.54) is 11.0 Å². The lowest BCUT2D eigenvalue weighted by Crippen LogP contribution is -2.31. The Hall–Kier alpha value is -3.32. The number of carbonyl (C=O) groups is 2. The van der Waals surface area contributed by atoms with Crippen LogP contribution < -0.4 is 10.6 Å². The summed E-state index contributed by atoms with van der Waals surface area (Å²) in [6, 6.07) is 17.8. The monoisotopic (exact) mass is 426 g/mol. The first-order valence-electron chi connectivity index (χ1n) is 7.90. The average Bonchev–Trinajstić information content (AvgIpc) is 2.64. The van der Waals surface area contributed by atoms with Crippen LogP contribution in [-0.4, -0.2) is 22.2 Å². The number of nitrogens with two attached hydrogens (primary N) is 1. The van der Waals surface area contributed by atoms with Crippen molar-refractivity contribution >= 4 is 39.3 Å². The molecule has 0 radical (unpaired) electrons. The highest BCUT2D eigenvalue weighted by Crippen LogP contribution is 2.36. The molecule has 0 fully saturated rings. The van der Waals surface area contributed by atoms with Gasteiger partial charge < -0.3 is 15.9 Å².